The lowest BCUT2D eigenvalue weighted by Gasteiger charge is -2.25. The highest BCUT2D eigenvalue weighted by molar-refractivity contribution is 14.1. The molecule has 4 rings (SSSR count). The predicted molar refractivity (Wildman–Crippen MR) is 139 cm³/mol. The van der Waals surface area contributed by atoms with Crippen LogP contribution in [0.2, 0.25) is 0 Å². The second-order valence-electron chi connectivity index (χ2n) is 7.43. The van der Waals surface area contributed by atoms with Crippen LogP contribution in [0, 0.1) is 3.57 Å². The first-order valence-electron chi connectivity index (χ1n) is 10.5. The molecule has 0 saturated heterocycles. The molecule has 1 aliphatic heterocycles. The summed E-state index contributed by atoms with van der Waals surface area (Å²) < 4.78 is 19.1. The normalized spacial score (nSPS) is 15.6. The number of hydrogen-bond donors (Lipinski definition) is 0. The van der Waals surface area contributed by atoms with Crippen LogP contribution in [0.5, 0.6) is 11.5 Å². The fourth-order valence-electron chi connectivity index (χ4n) is 4.02. The molecule has 7 nitrogen and oxygen atoms in total. The summed E-state index contributed by atoms with van der Waals surface area (Å²) in [6.07, 6.45) is 2.31. The van der Waals surface area contributed by atoms with E-state index < -0.39 is 12.0 Å². The Morgan fingerprint density at radius 1 is 1.18 bits per heavy atom. The Labute approximate surface area is 214 Å². The molecule has 2 aromatic carbocycles. The lowest BCUT2D eigenvalue weighted by Crippen LogP contribution is -2.40. The summed E-state index contributed by atoms with van der Waals surface area (Å²) in [5.41, 5.74) is 2.28. The summed E-state index contributed by atoms with van der Waals surface area (Å²) in [6.45, 7) is 1.93. The van der Waals surface area contributed by atoms with Gasteiger partial charge in [-0.3, -0.25) is 9.36 Å². The van der Waals surface area contributed by atoms with Gasteiger partial charge in [0.1, 0.15) is 0 Å². The van der Waals surface area contributed by atoms with Crippen molar-refractivity contribution in [2.75, 3.05) is 21.3 Å². The molecule has 0 amide bonds. The first kappa shape index (κ1) is 24.2. The van der Waals surface area contributed by atoms with Gasteiger partial charge in [-0.1, -0.05) is 48.6 Å². The molecule has 0 N–H and O–H groups in total. The van der Waals surface area contributed by atoms with Crippen molar-refractivity contribution in [1.82, 2.24) is 4.57 Å². The van der Waals surface area contributed by atoms with E-state index in [1.807, 2.05) is 49.4 Å². The number of carbonyl (C=O) groups excluding carboxylic acids is 1. The molecule has 1 atom stereocenters. The zero-order valence-electron chi connectivity index (χ0n) is 19.1. The number of thiazole rings is 1. The molecular weight excluding hydrogens is 567 g/mol. The van der Waals surface area contributed by atoms with E-state index in [9.17, 15) is 9.59 Å². The van der Waals surface area contributed by atoms with Gasteiger partial charge in [-0.2, -0.15) is 0 Å². The maximum absolute atomic E-state index is 13.7. The molecule has 2 heterocycles. The van der Waals surface area contributed by atoms with Crippen molar-refractivity contribution >= 4 is 46.0 Å². The molecule has 34 heavy (non-hydrogen) atoms. The van der Waals surface area contributed by atoms with E-state index >= 15 is 0 Å². The van der Waals surface area contributed by atoms with Gasteiger partial charge in [0.05, 0.1) is 43.2 Å². The zero-order valence-corrected chi connectivity index (χ0v) is 22.1. The van der Waals surface area contributed by atoms with Crippen LogP contribution in [0.15, 0.2) is 63.5 Å². The van der Waals surface area contributed by atoms with Crippen LogP contribution in [0.4, 0.5) is 0 Å². The molecule has 0 fully saturated rings. The van der Waals surface area contributed by atoms with Crippen molar-refractivity contribution in [2.45, 2.75) is 19.4 Å². The summed E-state index contributed by atoms with van der Waals surface area (Å²) in [7, 11) is 4.48. The van der Waals surface area contributed by atoms with Crippen LogP contribution in [0.1, 0.15) is 30.5 Å². The number of halogens is 1. The van der Waals surface area contributed by atoms with Gasteiger partial charge < -0.3 is 14.2 Å². The third-order valence-corrected chi connectivity index (χ3v) is 7.13. The monoisotopic (exact) mass is 590 g/mol. The van der Waals surface area contributed by atoms with E-state index in [4.69, 9.17) is 14.2 Å². The van der Waals surface area contributed by atoms with Crippen molar-refractivity contribution < 1.29 is 19.0 Å². The van der Waals surface area contributed by atoms with Gasteiger partial charge in [-0.25, -0.2) is 9.79 Å². The van der Waals surface area contributed by atoms with Gasteiger partial charge in [0, 0.05) is 9.13 Å². The van der Waals surface area contributed by atoms with Crippen molar-refractivity contribution in [2.24, 2.45) is 4.99 Å². The Kier molecular flexibility index (Phi) is 7.22. The highest BCUT2D eigenvalue weighted by Gasteiger charge is 2.33. The number of carbonyl (C=O) groups is 1. The van der Waals surface area contributed by atoms with Crippen LogP contribution in [0.3, 0.4) is 0 Å². The molecule has 176 valence electrons. The Hall–Kier alpha value is -2.92. The molecule has 9 heteroatoms. The Bertz CT molecular complexity index is 1460. The number of benzene rings is 2. The molecule has 1 aliphatic rings. The van der Waals surface area contributed by atoms with E-state index in [-0.39, 0.29) is 5.56 Å². The van der Waals surface area contributed by atoms with Crippen LogP contribution in [-0.4, -0.2) is 31.9 Å². The van der Waals surface area contributed by atoms with E-state index in [1.165, 1.54) is 18.4 Å². The van der Waals surface area contributed by atoms with Gasteiger partial charge in [0.15, 0.2) is 16.3 Å². The number of hydrogen-bond acceptors (Lipinski definition) is 7. The molecule has 0 radical (unpaired) electrons. The van der Waals surface area contributed by atoms with E-state index in [0.29, 0.717) is 38.5 Å². The lowest BCUT2D eigenvalue weighted by atomic mass is 9.95. The fraction of sp³-hybridized carbons (Fsp3) is 0.240. The summed E-state index contributed by atoms with van der Waals surface area (Å²) in [6, 6.07) is 12.6. The third-order valence-electron chi connectivity index (χ3n) is 5.52. The van der Waals surface area contributed by atoms with Crippen molar-refractivity contribution in [3.63, 3.8) is 0 Å². The van der Waals surface area contributed by atoms with E-state index in [1.54, 1.807) is 24.9 Å². The minimum absolute atomic E-state index is 0.242. The second kappa shape index (κ2) is 10.1. The fourth-order valence-corrected chi connectivity index (χ4v) is 5.65. The Morgan fingerprint density at radius 2 is 1.91 bits per heavy atom. The molecular formula is C25H23IN2O5S. The number of aromatic nitrogens is 1. The van der Waals surface area contributed by atoms with E-state index in [2.05, 4.69) is 27.6 Å². The Morgan fingerprint density at radius 3 is 2.53 bits per heavy atom. The van der Waals surface area contributed by atoms with Crippen LogP contribution in [-0.2, 0) is 9.53 Å². The highest BCUT2D eigenvalue weighted by atomic mass is 127. The molecule has 0 saturated carbocycles. The minimum Gasteiger partial charge on any atom is -0.493 e. The lowest BCUT2D eigenvalue weighted by molar-refractivity contribution is -0.136. The van der Waals surface area contributed by atoms with Crippen molar-refractivity contribution in [3.05, 3.63) is 88.1 Å². The molecule has 3 aromatic rings. The second-order valence-corrected chi connectivity index (χ2v) is 9.68. The molecule has 0 unspecified atom stereocenters. The average Bonchev–Trinajstić information content (AvgIpc) is 3.16. The maximum Gasteiger partial charge on any atom is 0.338 e. The zero-order chi connectivity index (χ0) is 24.4. The topological polar surface area (TPSA) is 79.1 Å². The number of nitrogens with zero attached hydrogens (tertiary/aromatic N) is 2. The van der Waals surface area contributed by atoms with Crippen LogP contribution in [0.25, 0.3) is 6.08 Å². The van der Waals surface area contributed by atoms with Gasteiger partial charge in [0.2, 0.25) is 0 Å². The van der Waals surface area contributed by atoms with E-state index in [0.717, 1.165) is 14.7 Å². The number of rotatable bonds is 6. The van der Waals surface area contributed by atoms with Crippen LogP contribution < -0.4 is 24.4 Å². The standard InChI is InChI=1S/C25H23IN2O5S/c1-5-17-20(24(30)33-4)21(14-9-7-6-8-10-14)28-23(29)19(34-25(28)27-17)12-15-11-16(26)13-18(31-2)22(15)32-3/h6-13,21H,5H2,1-4H3/b19-12+/t21-/m1/s1. The van der Waals surface area contributed by atoms with Gasteiger partial charge in [-0.15, -0.1) is 0 Å². The summed E-state index contributed by atoms with van der Waals surface area (Å²) >= 11 is 3.47. The smallest absolute Gasteiger partial charge is 0.338 e. The number of fused-ring (bicyclic) bond motifs is 1. The molecule has 0 aliphatic carbocycles. The van der Waals surface area contributed by atoms with Crippen LogP contribution >= 0.6 is 33.9 Å². The number of esters is 1. The molecule has 1 aromatic heterocycles. The first-order valence-corrected chi connectivity index (χ1v) is 12.4. The number of ether oxygens (including phenoxy) is 3. The maximum atomic E-state index is 13.7. The predicted octanol–water partition coefficient (Wildman–Crippen LogP) is 3.42. The SMILES string of the molecule is CCC1=C(C(=O)OC)[C@@H](c2ccccc2)n2c(s/c(=C/c3cc(I)cc(OC)c3OC)c2=O)=N1. The third kappa shape index (κ3) is 4.29. The number of methoxy groups -OCH3 is 3. The highest BCUT2D eigenvalue weighted by Crippen LogP contribution is 2.34. The summed E-state index contributed by atoms with van der Waals surface area (Å²) in [5, 5.41) is 0. The quantitative estimate of drug-likeness (QED) is 0.325. The molecule has 0 bridgehead atoms. The van der Waals surface area contributed by atoms with Gasteiger partial charge in [-0.05, 0) is 52.8 Å². The minimum atomic E-state index is -0.630. The van der Waals surface area contributed by atoms with Crippen molar-refractivity contribution in [1.29, 1.82) is 0 Å². The van der Waals surface area contributed by atoms with Gasteiger partial charge >= 0.3 is 5.97 Å². The average molecular weight is 590 g/mol. The summed E-state index contributed by atoms with van der Waals surface area (Å²) in [4.78, 5) is 31.8. The number of allylic oxidation sites excluding steroid dienone is 1. The molecule has 0 spiro atoms. The Balaban J connectivity index is 2.02. The summed E-state index contributed by atoms with van der Waals surface area (Å²) in [5.74, 6) is 0.627. The largest absolute Gasteiger partial charge is 0.493 e. The van der Waals surface area contributed by atoms with Gasteiger partial charge in [0.25, 0.3) is 5.56 Å². The first-order chi connectivity index (χ1) is 16.4. The van der Waals surface area contributed by atoms with Crippen molar-refractivity contribution in [3.8, 4) is 11.5 Å².